The maximum Gasteiger partial charge on any atom is 0.229 e. The Labute approximate surface area is 178 Å². The summed E-state index contributed by atoms with van der Waals surface area (Å²) in [6.45, 7) is 5.51. The second-order valence-electron chi connectivity index (χ2n) is 9.10. The van der Waals surface area contributed by atoms with E-state index < -0.39 is 16.8 Å². The first-order valence-electron chi connectivity index (χ1n) is 10.1. The van der Waals surface area contributed by atoms with E-state index in [1.54, 1.807) is 20.3 Å². The molecule has 1 unspecified atom stereocenters. The molecule has 4 aliphatic carbocycles. The quantitative estimate of drug-likeness (QED) is 0.560. The van der Waals surface area contributed by atoms with E-state index in [-0.39, 0.29) is 35.0 Å². The van der Waals surface area contributed by atoms with Gasteiger partial charge in [-0.25, -0.2) is 9.97 Å². The van der Waals surface area contributed by atoms with E-state index in [2.05, 4.69) is 27.1 Å². The number of nitrogen functional groups attached to an aromatic ring is 1. The Morgan fingerprint density at radius 2 is 2.23 bits per heavy atom. The number of pyridine rings is 1. The minimum Gasteiger partial charge on any atom is -0.396 e. The zero-order chi connectivity index (χ0) is 21.2. The molecule has 0 radical (unpaired) electrons. The topological polar surface area (TPSA) is 104 Å². The first kappa shape index (κ1) is 18.4. The Morgan fingerprint density at radius 3 is 2.93 bits per heavy atom. The Bertz CT molecular complexity index is 1210. The van der Waals surface area contributed by atoms with Crippen LogP contribution < -0.4 is 11.1 Å². The molecular formula is C21H22ClN5O3. The van der Waals surface area contributed by atoms with Gasteiger partial charge in [0, 0.05) is 18.9 Å². The molecule has 5 aliphatic rings. The molecule has 3 N–H and O–H groups in total. The summed E-state index contributed by atoms with van der Waals surface area (Å²) in [6.07, 6.45) is 2.33. The number of nitrogens with zero attached hydrogens (tertiary/aromatic N) is 3. The van der Waals surface area contributed by atoms with Crippen molar-refractivity contribution >= 4 is 34.4 Å². The first-order chi connectivity index (χ1) is 14.2. The number of nitrogens with one attached hydrogen (secondary N) is 1. The van der Waals surface area contributed by atoms with Crippen LogP contribution in [-0.2, 0) is 14.3 Å². The Kier molecular flexibility index (Phi) is 3.24. The first-order valence-corrected chi connectivity index (χ1v) is 10.5. The number of hydrogen-bond donors (Lipinski definition) is 2. The number of carbonyl (C=O) groups is 1. The monoisotopic (exact) mass is 427 g/mol. The summed E-state index contributed by atoms with van der Waals surface area (Å²) in [4.78, 5) is 22.2. The van der Waals surface area contributed by atoms with Crippen molar-refractivity contribution < 1.29 is 14.3 Å². The van der Waals surface area contributed by atoms with Crippen LogP contribution in [0.3, 0.4) is 0 Å². The molecule has 1 aliphatic heterocycles. The van der Waals surface area contributed by atoms with E-state index in [1.807, 2.05) is 18.4 Å². The largest absolute Gasteiger partial charge is 0.396 e. The lowest BCUT2D eigenvalue weighted by molar-refractivity contribution is -0.224. The van der Waals surface area contributed by atoms with Gasteiger partial charge < -0.3 is 25.1 Å². The smallest absolute Gasteiger partial charge is 0.229 e. The number of imidazole rings is 1. The maximum atomic E-state index is 13.0. The number of rotatable bonds is 2. The lowest BCUT2D eigenvalue weighted by Crippen LogP contribution is -2.75. The van der Waals surface area contributed by atoms with Crippen LogP contribution in [0.2, 0.25) is 5.15 Å². The van der Waals surface area contributed by atoms with Crippen molar-refractivity contribution in [1.29, 1.82) is 0 Å². The number of carbonyl (C=O) groups excluding carboxylic acids is 1. The van der Waals surface area contributed by atoms with E-state index in [9.17, 15) is 4.79 Å². The highest BCUT2D eigenvalue weighted by molar-refractivity contribution is 6.31. The van der Waals surface area contributed by atoms with Crippen LogP contribution >= 0.6 is 11.6 Å². The van der Waals surface area contributed by atoms with Gasteiger partial charge in [0.15, 0.2) is 11.4 Å². The number of ether oxygens (including phenoxy) is 2. The van der Waals surface area contributed by atoms with Gasteiger partial charge in [-0.05, 0) is 27.2 Å². The van der Waals surface area contributed by atoms with E-state index in [4.69, 9.17) is 26.8 Å². The lowest BCUT2D eigenvalue weighted by Gasteiger charge is -2.61. The fourth-order valence-corrected chi connectivity index (χ4v) is 7.09. The molecule has 1 amide bonds. The number of fused-ring (bicyclic) bond motifs is 1. The Balaban J connectivity index is 1.55. The minimum absolute atomic E-state index is 0.0172. The molecule has 8 nitrogen and oxygen atoms in total. The highest BCUT2D eigenvalue weighted by Gasteiger charge is 2.97. The molecule has 1 saturated heterocycles. The third-order valence-electron chi connectivity index (χ3n) is 7.61. The normalized spacial score (nSPS) is 39.0. The number of amides is 1. The van der Waals surface area contributed by atoms with Gasteiger partial charge in [-0.3, -0.25) is 4.79 Å². The van der Waals surface area contributed by atoms with Gasteiger partial charge in [-0.2, -0.15) is 0 Å². The van der Waals surface area contributed by atoms with Crippen molar-refractivity contribution in [2.24, 2.45) is 17.3 Å². The maximum absolute atomic E-state index is 13.0. The van der Waals surface area contributed by atoms with Gasteiger partial charge in [0.05, 0.1) is 29.0 Å². The highest BCUT2D eigenvalue weighted by atomic mass is 35.5. The van der Waals surface area contributed by atoms with Crippen LogP contribution in [0.15, 0.2) is 6.33 Å². The molecule has 30 heavy (non-hydrogen) atoms. The van der Waals surface area contributed by atoms with Gasteiger partial charge in [0.1, 0.15) is 22.4 Å². The van der Waals surface area contributed by atoms with Crippen LogP contribution in [0, 0.1) is 29.1 Å². The average Bonchev–Trinajstić information content (AvgIpc) is 3.38. The molecule has 7 rings (SSSR count). The van der Waals surface area contributed by atoms with E-state index in [0.717, 1.165) is 6.42 Å². The highest BCUT2D eigenvalue weighted by Crippen LogP contribution is 2.87. The van der Waals surface area contributed by atoms with Crippen molar-refractivity contribution in [2.75, 3.05) is 12.8 Å². The minimum atomic E-state index is -0.767. The zero-order valence-electron chi connectivity index (χ0n) is 17.1. The van der Waals surface area contributed by atoms with Crippen LogP contribution in [0.4, 0.5) is 5.69 Å². The number of halogens is 1. The molecule has 1 spiro atoms. The summed E-state index contributed by atoms with van der Waals surface area (Å²) < 4.78 is 14.8. The molecule has 6 atom stereocenters. The van der Waals surface area contributed by atoms with Crippen molar-refractivity contribution in [2.45, 2.75) is 50.7 Å². The molecule has 2 aromatic rings. The molecule has 3 heterocycles. The fraction of sp³-hybridized carbons (Fsp3) is 0.571. The van der Waals surface area contributed by atoms with E-state index >= 15 is 0 Å². The van der Waals surface area contributed by atoms with Gasteiger partial charge in [-0.1, -0.05) is 17.5 Å². The van der Waals surface area contributed by atoms with E-state index in [1.165, 1.54) is 0 Å². The van der Waals surface area contributed by atoms with Crippen molar-refractivity contribution in [3.8, 4) is 11.8 Å². The molecule has 0 aromatic carbocycles. The van der Waals surface area contributed by atoms with Crippen LogP contribution in [0.5, 0.6) is 0 Å². The third-order valence-corrected chi connectivity index (χ3v) is 7.88. The molecule has 4 bridgehead atoms. The standard InChI is InChI=1S/C21H22ClN5O3/c1-5-6-9-12(23)13-16(26-15(9)22)27(8-25-13)14-10-7-11-20(10,18(28)24-4)17-21(11,14)30-19(2,3)29-17/h8,10-11,14,17H,7H2,1-4H3,(H2,23,26)(H,24,28)/t10-,11?,14-,17-,20-,21-/m1/s1. The van der Waals surface area contributed by atoms with Gasteiger partial charge >= 0.3 is 0 Å². The number of anilines is 1. The summed E-state index contributed by atoms with van der Waals surface area (Å²) >= 11 is 6.42. The summed E-state index contributed by atoms with van der Waals surface area (Å²) in [7, 11) is 1.68. The summed E-state index contributed by atoms with van der Waals surface area (Å²) in [5.74, 6) is 5.14. The summed E-state index contributed by atoms with van der Waals surface area (Å²) in [6, 6.07) is -0.136. The van der Waals surface area contributed by atoms with Gasteiger partial charge in [0.25, 0.3) is 0 Å². The number of nitrogens with two attached hydrogens (primary N) is 1. The molecule has 5 fully saturated rings. The molecular weight excluding hydrogens is 406 g/mol. The van der Waals surface area contributed by atoms with E-state index in [0.29, 0.717) is 22.4 Å². The predicted octanol–water partition coefficient (Wildman–Crippen LogP) is 1.87. The van der Waals surface area contributed by atoms with Crippen LogP contribution in [0.25, 0.3) is 11.2 Å². The van der Waals surface area contributed by atoms with Gasteiger partial charge in [0.2, 0.25) is 5.91 Å². The lowest BCUT2D eigenvalue weighted by atomic mass is 9.44. The SMILES string of the molecule is CC#Cc1c(Cl)nc2c(ncn2[C@@H]2[C@H]3CC4[C@@]25OC(C)(C)O[C@@H]5[C@]43C(=O)NC)c1N. The Morgan fingerprint density at radius 1 is 1.47 bits per heavy atom. The average molecular weight is 428 g/mol. The molecule has 4 saturated carbocycles. The van der Waals surface area contributed by atoms with Gasteiger partial charge in [-0.15, -0.1) is 5.92 Å². The van der Waals surface area contributed by atoms with Crippen LogP contribution in [0.1, 0.15) is 38.8 Å². The number of aromatic nitrogens is 3. The fourth-order valence-electron chi connectivity index (χ4n) is 6.86. The molecule has 156 valence electrons. The van der Waals surface area contributed by atoms with Crippen LogP contribution in [-0.4, -0.2) is 45.0 Å². The molecule has 2 aromatic heterocycles. The third kappa shape index (κ3) is 1.67. The summed E-state index contributed by atoms with van der Waals surface area (Å²) in [5, 5.41) is 3.10. The second kappa shape index (κ2) is 5.28. The van der Waals surface area contributed by atoms with Crippen molar-refractivity contribution in [3.05, 3.63) is 17.0 Å². The molecule has 9 heteroatoms. The second-order valence-corrected chi connectivity index (χ2v) is 9.45. The number of hydrogen-bond acceptors (Lipinski definition) is 6. The summed E-state index contributed by atoms with van der Waals surface area (Å²) in [5.41, 5.74) is 7.20. The Hall–Kier alpha value is -2.34. The predicted molar refractivity (Wildman–Crippen MR) is 109 cm³/mol. The zero-order valence-corrected chi connectivity index (χ0v) is 17.9. The van der Waals surface area contributed by atoms with Crippen molar-refractivity contribution in [1.82, 2.24) is 19.9 Å². The van der Waals surface area contributed by atoms with Crippen molar-refractivity contribution in [3.63, 3.8) is 0 Å².